The summed E-state index contributed by atoms with van der Waals surface area (Å²) in [6.07, 6.45) is 2.62. The van der Waals surface area contributed by atoms with Gasteiger partial charge in [-0.05, 0) is 44.9 Å². The van der Waals surface area contributed by atoms with E-state index in [0.29, 0.717) is 11.8 Å². The van der Waals surface area contributed by atoms with Crippen LogP contribution < -0.4 is 5.32 Å². The molecule has 1 aromatic heterocycles. The number of benzene rings is 1. The third-order valence-corrected chi connectivity index (χ3v) is 3.57. The SMILES string of the molecule is CC(C)n1c(CNC2CC2)cc2ccc(O)cc21. The van der Waals surface area contributed by atoms with Gasteiger partial charge in [0.15, 0.2) is 0 Å². The highest BCUT2D eigenvalue weighted by molar-refractivity contribution is 5.83. The molecule has 1 saturated carbocycles. The zero-order valence-electron chi connectivity index (χ0n) is 11.0. The summed E-state index contributed by atoms with van der Waals surface area (Å²) in [7, 11) is 0. The number of hydrogen-bond acceptors (Lipinski definition) is 2. The van der Waals surface area contributed by atoms with Crippen LogP contribution in [0.1, 0.15) is 38.4 Å². The summed E-state index contributed by atoms with van der Waals surface area (Å²) < 4.78 is 2.31. The molecule has 18 heavy (non-hydrogen) atoms. The predicted octanol–water partition coefficient (Wildman–Crippen LogP) is 3.18. The van der Waals surface area contributed by atoms with Gasteiger partial charge in [0.05, 0.1) is 5.52 Å². The van der Waals surface area contributed by atoms with Gasteiger partial charge in [-0.1, -0.05) is 0 Å². The minimum Gasteiger partial charge on any atom is -0.508 e. The molecular weight excluding hydrogens is 224 g/mol. The van der Waals surface area contributed by atoms with E-state index in [0.717, 1.165) is 18.1 Å². The molecule has 0 spiro atoms. The maximum atomic E-state index is 9.64. The first kappa shape index (κ1) is 11.6. The predicted molar refractivity (Wildman–Crippen MR) is 73.8 cm³/mol. The third kappa shape index (κ3) is 2.10. The quantitative estimate of drug-likeness (QED) is 0.866. The Balaban J connectivity index is 2.02. The Hall–Kier alpha value is -1.48. The van der Waals surface area contributed by atoms with Gasteiger partial charge in [0, 0.05) is 35.8 Å². The number of nitrogens with one attached hydrogen (secondary N) is 1. The standard InChI is InChI=1S/C15H20N2O/c1-10(2)17-13(9-16-12-4-5-12)7-11-3-6-14(18)8-15(11)17/h3,6-8,10,12,16,18H,4-5,9H2,1-2H3. The molecule has 2 N–H and O–H groups in total. The van der Waals surface area contributed by atoms with Gasteiger partial charge in [-0.25, -0.2) is 0 Å². The summed E-state index contributed by atoms with van der Waals surface area (Å²) in [5, 5.41) is 14.4. The molecule has 3 heteroatoms. The van der Waals surface area contributed by atoms with Crippen LogP contribution in [0.2, 0.25) is 0 Å². The fourth-order valence-electron chi connectivity index (χ4n) is 2.55. The van der Waals surface area contributed by atoms with Gasteiger partial charge in [-0.3, -0.25) is 0 Å². The molecule has 1 aromatic carbocycles. The number of phenolic OH excluding ortho intramolecular Hbond substituents is 1. The summed E-state index contributed by atoms with van der Waals surface area (Å²) in [5.41, 5.74) is 2.43. The lowest BCUT2D eigenvalue weighted by atomic mass is 10.2. The van der Waals surface area contributed by atoms with Crippen LogP contribution in [-0.4, -0.2) is 15.7 Å². The first-order valence-corrected chi connectivity index (χ1v) is 6.71. The minimum atomic E-state index is 0.337. The zero-order valence-corrected chi connectivity index (χ0v) is 11.0. The molecule has 0 atom stereocenters. The number of aromatic hydroxyl groups is 1. The van der Waals surface area contributed by atoms with Crippen molar-refractivity contribution in [1.82, 2.24) is 9.88 Å². The van der Waals surface area contributed by atoms with Crippen molar-refractivity contribution in [3.8, 4) is 5.75 Å². The van der Waals surface area contributed by atoms with Crippen LogP contribution in [0.3, 0.4) is 0 Å². The highest BCUT2D eigenvalue weighted by Gasteiger charge is 2.21. The molecular formula is C15H20N2O. The molecule has 1 aliphatic rings. The van der Waals surface area contributed by atoms with Crippen molar-refractivity contribution < 1.29 is 5.11 Å². The largest absolute Gasteiger partial charge is 0.508 e. The molecule has 1 aliphatic carbocycles. The number of fused-ring (bicyclic) bond motifs is 1. The first-order chi connectivity index (χ1) is 8.65. The van der Waals surface area contributed by atoms with Crippen LogP contribution in [0.5, 0.6) is 5.75 Å². The summed E-state index contributed by atoms with van der Waals surface area (Å²) in [6.45, 7) is 5.28. The monoisotopic (exact) mass is 244 g/mol. The highest BCUT2D eigenvalue weighted by atomic mass is 16.3. The number of hydrogen-bond donors (Lipinski definition) is 2. The molecule has 0 saturated heterocycles. The average molecular weight is 244 g/mol. The smallest absolute Gasteiger partial charge is 0.117 e. The minimum absolute atomic E-state index is 0.337. The van der Waals surface area contributed by atoms with E-state index in [1.54, 1.807) is 6.07 Å². The van der Waals surface area contributed by atoms with Crippen molar-refractivity contribution in [1.29, 1.82) is 0 Å². The topological polar surface area (TPSA) is 37.2 Å². The van der Waals surface area contributed by atoms with E-state index in [9.17, 15) is 5.11 Å². The van der Waals surface area contributed by atoms with Crippen molar-refractivity contribution in [2.75, 3.05) is 0 Å². The lowest BCUT2D eigenvalue weighted by Gasteiger charge is -2.15. The van der Waals surface area contributed by atoms with Gasteiger partial charge in [0.1, 0.15) is 5.75 Å². The Kier molecular flexibility index (Phi) is 2.78. The second-order valence-electron chi connectivity index (χ2n) is 5.50. The number of phenols is 1. The number of rotatable bonds is 4. The molecule has 1 fully saturated rings. The average Bonchev–Trinajstić information content (AvgIpc) is 3.07. The molecule has 0 radical (unpaired) electrons. The Morgan fingerprint density at radius 1 is 1.33 bits per heavy atom. The van der Waals surface area contributed by atoms with Crippen LogP contribution in [0.15, 0.2) is 24.3 Å². The lowest BCUT2D eigenvalue weighted by Crippen LogP contribution is -2.18. The fourth-order valence-corrected chi connectivity index (χ4v) is 2.55. The fraction of sp³-hybridized carbons (Fsp3) is 0.467. The number of aromatic nitrogens is 1. The Morgan fingerprint density at radius 3 is 2.78 bits per heavy atom. The van der Waals surface area contributed by atoms with E-state index in [4.69, 9.17) is 0 Å². The van der Waals surface area contributed by atoms with E-state index < -0.39 is 0 Å². The zero-order chi connectivity index (χ0) is 12.7. The van der Waals surface area contributed by atoms with E-state index in [1.165, 1.54) is 23.9 Å². The van der Waals surface area contributed by atoms with Gasteiger partial charge in [0.2, 0.25) is 0 Å². The molecule has 0 unspecified atom stereocenters. The summed E-state index contributed by atoms with van der Waals surface area (Å²) in [4.78, 5) is 0. The highest BCUT2D eigenvalue weighted by Crippen LogP contribution is 2.28. The van der Waals surface area contributed by atoms with Crippen molar-refractivity contribution >= 4 is 10.9 Å². The maximum Gasteiger partial charge on any atom is 0.117 e. The van der Waals surface area contributed by atoms with E-state index in [1.807, 2.05) is 12.1 Å². The molecule has 3 nitrogen and oxygen atoms in total. The van der Waals surface area contributed by atoms with Crippen LogP contribution in [0.25, 0.3) is 10.9 Å². The van der Waals surface area contributed by atoms with Gasteiger partial charge in [0.25, 0.3) is 0 Å². The van der Waals surface area contributed by atoms with Gasteiger partial charge >= 0.3 is 0 Å². The molecule has 0 aliphatic heterocycles. The lowest BCUT2D eigenvalue weighted by molar-refractivity contribution is 0.475. The Bertz CT molecular complexity index is 567. The van der Waals surface area contributed by atoms with Crippen molar-refractivity contribution in [3.63, 3.8) is 0 Å². The number of nitrogens with zero attached hydrogens (tertiary/aromatic N) is 1. The molecule has 0 bridgehead atoms. The normalized spacial score (nSPS) is 15.7. The molecule has 3 rings (SSSR count). The summed E-state index contributed by atoms with van der Waals surface area (Å²) in [5.74, 6) is 0.337. The van der Waals surface area contributed by atoms with Crippen LogP contribution >= 0.6 is 0 Å². The Morgan fingerprint density at radius 2 is 2.11 bits per heavy atom. The van der Waals surface area contributed by atoms with Crippen LogP contribution in [0.4, 0.5) is 0 Å². The van der Waals surface area contributed by atoms with Crippen LogP contribution in [-0.2, 0) is 6.54 Å². The first-order valence-electron chi connectivity index (χ1n) is 6.71. The third-order valence-electron chi connectivity index (χ3n) is 3.57. The maximum absolute atomic E-state index is 9.64. The second-order valence-corrected chi connectivity index (χ2v) is 5.50. The van der Waals surface area contributed by atoms with Gasteiger partial charge in [-0.2, -0.15) is 0 Å². The molecule has 1 heterocycles. The summed E-state index contributed by atoms with van der Waals surface area (Å²) in [6, 6.07) is 8.95. The second kappa shape index (κ2) is 4.32. The van der Waals surface area contributed by atoms with Gasteiger partial charge in [-0.15, -0.1) is 0 Å². The van der Waals surface area contributed by atoms with Crippen molar-refractivity contribution in [2.45, 2.75) is 45.3 Å². The van der Waals surface area contributed by atoms with Crippen molar-refractivity contribution in [2.24, 2.45) is 0 Å². The van der Waals surface area contributed by atoms with E-state index >= 15 is 0 Å². The van der Waals surface area contributed by atoms with Crippen molar-refractivity contribution in [3.05, 3.63) is 30.0 Å². The molecule has 0 amide bonds. The van der Waals surface area contributed by atoms with E-state index in [2.05, 4.69) is 29.8 Å². The summed E-state index contributed by atoms with van der Waals surface area (Å²) >= 11 is 0. The Labute approximate surface area is 107 Å². The molecule has 2 aromatic rings. The van der Waals surface area contributed by atoms with E-state index in [-0.39, 0.29) is 0 Å². The molecule has 96 valence electrons. The van der Waals surface area contributed by atoms with Crippen LogP contribution in [0, 0.1) is 0 Å². The van der Waals surface area contributed by atoms with Gasteiger partial charge < -0.3 is 15.0 Å².